The first-order valence-corrected chi connectivity index (χ1v) is 4.30. The summed E-state index contributed by atoms with van der Waals surface area (Å²) in [6, 6.07) is 0.524. The van der Waals surface area contributed by atoms with E-state index in [2.05, 4.69) is 24.6 Å². The van der Waals surface area contributed by atoms with Crippen LogP contribution in [0.2, 0.25) is 0 Å². The number of hydrogen-bond donors (Lipinski definition) is 3. The Morgan fingerprint density at radius 2 is 2.45 bits per heavy atom. The molecule has 1 saturated carbocycles. The lowest BCUT2D eigenvalue weighted by molar-refractivity contribution is 0.511. The number of rotatable bonds is 2. The molecule has 0 radical (unpaired) electrons. The van der Waals surface area contributed by atoms with Gasteiger partial charge in [-0.05, 0) is 30.5 Å². The molecule has 2 atom stereocenters. The summed E-state index contributed by atoms with van der Waals surface area (Å²) in [7, 11) is 0. The molecule has 2 unspecified atom stereocenters. The molecule has 3 nitrogen and oxygen atoms in total. The van der Waals surface area contributed by atoms with Gasteiger partial charge < -0.3 is 10.7 Å². The van der Waals surface area contributed by atoms with Crippen LogP contribution in [0.4, 0.5) is 0 Å². The van der Waals surface area contributed by atoms with Gasteiger partial charge in [0, 0.05) is 6.04 Å². The highest BCUT2D eigenvalue weighted by Gasteiger charge is 2.48. The molecule has 0 amide bonds. The Bertz CT molecular complexity index is 171. The van der Waals surface area contributed by atoms with Crippen molar-refractivity contribution in [2.45, 2.75) is 32.7 Å². The van der Waals surface area contributed by atoms with E-state index in [0.717, 1.165) is 0 Å². The van der Waals surface area contributed by atoms with Crippen molar-refractivity contribution in [2.24, 2.45) is 11.3 Å². The second kappa shape index (κ2) is 2.95. The third-order valence-electron chi connectivity index (χ3n) is 2.60. The van der Waals surface area contributed by atoms with Gasteiger partial charge in [0.25, 0.3) is 0 Å². The molecule has 1 aliphatic rings. The van der Waals surface area contributed by atoms with E-state index in [4.69, 9.17) is 18.1 Å². The number of nitrogens with two attached hydrogens (primary N) is 1. The van der Waals surface area contributed by atoms with Gasteiger partial charge in [-0.1, -0.05) is 13.8 Å². The van der Waals surface area contributed by atoms with Crippen molar-refractivity contribution in [2.75, 3.05) is 0 Å². The summed E-state index contributed by atoms with van der Waals surface area (Å²) in [5.41, 5.74) is 2.86. The molecule has 0 aromatic heterocycles. The molecule has 11 heavy (non-hydrogen) atoms. The first-order chi connectivity index (χ1) is 5.12. The van der Waals surface area contributed by atoms with Crippen molar-refractivity contribution in [3.8, 4) is 0 Å². The molecule has 0 aromatic carbocycles. The Hall–Kier alpha value is -0.350. The fourth-order valence-corrected chi connectivity index (χ4v) is 1.37. The van der Waals surface area contributed by atoms with E-state index >= 15 is 0 Å². The smallest absolute Gasteiger partial charge is 0.180 e. The molecular formula is C7H15N3S. The number of hydrogen-bond acceptors (Lipinski definition) is 2. The van der Waals surface area contributed by atoms with E-state index in [1.54, 1.807) is 0 Å². The van der Waals surface area contributed by atoms with Crippen LogP contribution in [-0.2, 0) is 0 Å². The van der Waals surface area contributed by atoms with E-state index < -0.39 is 0 Å². The monoisotopic (exact) mass is 173 g/mol. The van der Waals surface area contributed by atoms with Crippen LogP contribution in [0.15, 0.2) is 0 Å². The zero-order chi connectivity index (χ0) is 8.48. The van der Waals surface area contributed by atoms with E-state index in [-0.39, 0.29) is 0 Å². The van der Waals surface area contributed by atoms with Crippen LogP contribution >= 0.6 is 12.2 Å². The summed E-state index contributed by atoms with van der Waals surface area (Å²) in [6.07, 6.45) is 2.39. The van der Waals surface area contributed by atoms with Crippen LogP contribution in [0.25, 0.3) is 0 Å². The molecule has 1 aliphatic carbocycles. The largest absolute Gasteiger partial charge is 0.358 e. The van der Waals surface area contributed by atoms with Crippen molar-refractivity contribution in [1.29, 1.82) is 0 Å². The van der Waals surface area contributed by atoms with Gasteiger partial charge in [0.05, 0.1) is 0 Å². The minimum atomic E-state index is 0.445. The highest BCUT2D eigenvalue weighted by atomic mass is 32.1. The summed E-state index contributed by atoms with van der Waals surface area (Å²) in [4.78, 5) is 0. The molecular weight excluding hydrogens is 158 g/mol. The molecule has 0 spiro atoms. The average molecular weight is 173 g/mol. The second-order valence-corrected chi connectivity index (χ2v) is 3.79. The van der Waals surface area contributed by atoms with Gasteiger partial charge in [-0.2, -0.15) is 0 Å². The van der Waals surface area contributed by atoms with E-state index in [1.807, 2.05) is 0 Å². The predicted molar refractivity (Wildman–Crippen MR) is 49.9 cm³/mol. The first-order valence-electron chi connectivity index (χ1n) is 3.89. The van der Waals surface area contributed by atoms with Gasteiger partial charge >= 0.3 is 0 Å². The normalized spacial score (nSPS) is 34.6. The number of thiocarbonyl (C=S) groups is 1. The van der Waals surface area contributed by atoms with Gasteiger partial charge in [0.2, 0.25) is 0 Å². The maximum Gasteiger partial charge on any atom is 0.180 e. The molecule has 0 heterocycles. The molecule has 0 bridgehead atoms. The lowest BCUT2D eigenvalue weighted by atomic mass is 10.1. The van der Waals surface area contributed by atoms with E-state index in [1.165, 1.54) is 12.8 Å². The minimum Gasteiger partial charge on any atom is -0.358 e. The highest BCUT2D eigenvalue weighted by molar-refractivity contribution is 7.80. The maximum atomic E-state index is 5.12. The third-order valence-corrected chi connectivity index (χ3v) is 2.83. The molecule has 1 rings (SSSR count). The Labute approximate surface area is 72.7 Å². The van der Waals surface area contributed by atoms with Crippen LogP contribution in [-0.4, -0.2) is 11.2 Å². The summed E-state index contributed by atoms with van der Waals surface area (Å²) in [5.74, 6) is 5.12. The fourth-order valence-electron chi connectivity index (χ4n) is 1.22. The summed E-state index contributed by atoms with van der Waals surface area (Å²) in [6.45, 7) is 4.45. The van der Waals surface area contributed by atoms with Gasteiger partial charge in [-0.3, -0.25) is 0 Å². The van der Waals surface area contributed by atoms with Crippen molar-refractivity contribution in [3.63, 3.8) is 0 Å². The lowest BCUT2D eigenvalue weighted by Gasteiger charge is -2.09. The molecule has 4 heteroatoms. The first kappa shape index (κ1) is 8.74. The van der Waals surface area contributed by atoms with Gasteiger partial charge in [0.15, 0.2) is 5.11 Å². The Morgan fingerprint density at radius 3 is 2.82 bits per heavy atom. The average Bonchev–Trinajstić information content (AvgIpc) is 2.63. The fraction of sp³-hybridized carbons (Fsp3) is 0.857. The van der Waals surface area contributed by atoms with Crippen molar-refractivity contribution in [1.82, 2.24) is 10.7 Å². The minimum absolute atomic E-state index is 0.445. The Balaban J connectivity index is 2.28. The standard InChI is InChI=1S/C7H15N3S/c1-3-7(2)4-5(7)9-6(11)10-8/h5H,3-4,8H2,1-2H3,(H2,9,10,11). The Kier molecular flexibility index (Phi) is 2.34. The topological polar surface area (TPSA) is 50.1 Å². The number of nitrogens with one attached hydrogen (secondary N) is 2. The molecule has 0 saturated heterocycles. The summed E-state index contributed by atoms with van der Waals surface area (Å²) < 4.78 is 0. The zero-order valence-electron chi connectivity index (χ0n) is 6.98. The maximum absolute atomic E-state index is 5.12. The van der Waals surface area contributed by atoms with Crippen LogP contribution in [0.1, 0.15) is 26.7 Å². The molecule has 4 N–H and O–H groups in total. The Morgan fingerprint density at radius 1 is 1.82 bits per heavy atom. The second-order valence-electron chi connectivity index (χ2n) is 3.38. The van der Waals surface area contributed by atoms with Gasteiger partial charge in [0.1, 0.15) is 0 Å². The van der Waals surface area contributed by atoms with Crippen molar-refractivity contribution >= 4 is 17.3 Å². The quantitative estimate of drug-likeness (QED) is 0.323. The van der Waals surface area contributed by atoms with Crippen molar-refractivity contribution < 1.29 is 0 Å². The van der Waals surface area contributed by atoms with E-state index in [0.29, 0.717) is 16.6 Å². The van der Waals surface area contributed by atoms with Crippen molar-refractivity contribution in [3.05, 3.63) is 0 Å². The van der Waals surface area contributed by atoms with Crippen LogP contribution in [0.3, 0.4) is 0 Å². The van der Waals surface area contributed by atoms with E-state index in [9.17, 15) is 0 Å². The van der Waals surface area contributed by atoms with Crippen LogP contribution in [0.5, 0.6) is 0 Å². The molecule has 0 aromatic rings. The summed E-state index contributed by atoms with van der Waals surface area (Å²) in [5, 5.41) is 3.69. The van der Waals surface area contributed by atoms with Crippen LogP contribution in [0, 0.1) is 5.41 Å². The highest BCUT2D eigenvalue weighted by Crippen LogP contribution is 2.48. The van der Waals surface area contributed by atoms with Gasteiger partial charge in [-0.15, -0.1) is 0 Å². The molecule has 0 aliphatic heterocycles. The molecule has 64 valence electrons. The third kappa shape index (κ3) is 1.81. The van der Waals surface area contributed by atoms with Crippen LogP contribution < -0.4 is 16.6 Å². The summed E-state index contributed by atoms with van der Waals surface area (Å²) >= 11 is 4.87. The molecule has 1 fully saturated rings. The SMILES string of the molecule is CCC1(C)CC1NC(=S)NN. The van der Waals surface area contributed by atoms with Gasteiger partial charge in [-0.25, -0.2) is 5.84 Å². The predicted octanol–water partition coefficient (Wildman–Crippen LogP) is 0.513. The zero-order valence-corrected chi connectivity index (χ0v) is 7.79. The number of hydrazine groups is 1. The lowest BCUT2D eigenvalue weighted by Crippen LogP contribution is -2.41.